The fourth-order valence-corrected chi connectivity index (χ4v) is 1.97. The summed E-state index contributed by atoms with van der Waals surface area (Å²) in [5.41, 5.74) is 5.75. The van der Waals surface area contributed by atoms with Gasteiger partial charge in [-0.25, -0.2) is 0 Å². The first-order valence-corrected chi connectivity index (χ1v) is 6.28. The lowest BCUT2D eigenvalue weighted by Gasteiger charge is -2.10. The van der Waals surface area contributed by atoms with E-state index in [4.69, 9.17) is 15.0 Å². The van der Waals surface area contributed by atoms with Crippen LogP contribution < -0.4 is 15.8 Å². The summed E-state index contributed by atoms with van der Waals surface area (Å²) < 4.78 is 14.5. The van der Waals surface area contributed by atoms with E-state index >= 15 is 0 Å². The second-order valence-electron chi connectivity index (χ2n) is 3.98. The molecule has 0 saturated heterocycles. The topological polar surface area (TPSA) is 99.1 Å². The first-order valence-electron chi connectivity index (χ1n) is 5.51. The molecule has 2 aromatic heterocycles. The van der Waals surface area contributed by atoms with Gasteiger partial charge in [0.2, 0.25) is 5.89 Å². The molecular weight excluding hydrogens is 254 g/mol. The van der Waals surface area contributed by atoms with Crippen molar-refractivity contribution in [3.05, 3.63) is 11.7 Å². The van der Waals surface area contributed by atoms with Crippen molar-refractivity contribution < 1.29 is 9.26 Å². The van der Waals surface area contributed by atoms with Crippen LogP contribution in [0.5, 0.6) is 5.75 Å². The summed E-state index contributed by atoms with van der Waals surface area (Å²) in [5, 5.41) is 7.69. The van der Waals surface area contributed by atoms with E-state index in [-0.39, 0.29) is 6.10 Å². The third-order valence-electron chi connectivity index (χ3n) is 2.00. The quantitative estimate of drug-likeness (QED) is 0.853. The first-order chi connectivity index (χ1) is 8.56. The van der Waals surface area contributed by atoms with E-state index in [9.17, 15) is 0 Å². The molecule has 0 fully saturated rings. The summed E-state index contributed by atoms with van der Waals surface area (Å²) in [6.07, 6.45) is 0.0386. The fourth-order valence-electron chi connectivity index (χ4n) is 1.33. The number of ether oxygens (including phenoxy) is 1. The molecule has 0 aliphatic heterocycles. The Morgan fingerprint density at radius 1 is 1.50 bits per heavy atom. The van der Waals surface area contributed by atoms with Gasteiger partial charge in [-0.2, -0.15) is 9.36 Å². The number of hydrogen-bond acceptors (Lipinski definition) is 8. The van der Waals surface area contributed by atoms with Crippen LogP contribution in [0.3, 0.4) is 0 Å². The van der Waals surface area contributed by atoms with E-state index in [1.165, 1.54) is 11.5 Å². The lowest BCUT2D eigenvalue weighted by Crippen LogP contribution is -2.09. The lowest BCUT2D eigenvalue weighted by molar-refractivity contribution is 0.245. The Morgan fingerprint density at radius 3 is 2.89 bits per heavy atom. The average Bonchev–Trinajstić information content (AvgIpc) is 2.85. The minimum absolute atomic E-state index is 0.0386. The van der Waals surface area contributed by atoms with Crippen molar-refractivity contribution in [3.63, 3.8) is 0 Å². The largest absolute Gasteiger partial charge is 0.484 e. The average molecular weight is 269 g/mol. The van der Waals surface area contributed by atoms with Crippen molar-refractivity contribution >= 4 is 22.4 Å². The maximum absolute atomic E-state index is 5.75. The first kappa shape index (κ1) is 12.6. The summed E-state index contributed by atoms with van der Waals surface area (Å²) in [5.74, 6) is 2.08. The molecule has 0 saturated carbocycles. The lowest BCUT2D eigenvalue weighted by atomic mass is 10.4. The van der Waals surface area contributed by atoms with Gasteiger partial charge in [0.25, 0.3) is 0 Å². The predicted octanol–water partition coefficient (Wildman–Crippen LogP) is 1.82. The van der Waals surface area contributed by atoms with Crippen LogP contribution in [0.25, 0.3) is 0 Å². The second kappa shape index (κ2) is 5.21. The van der Waals surface area contributed by atoms with Gasteiger partial charge in [0.15, 0.2) is 22.4 Å². The van der Waals surface area contributed by atoms with Crippen LogP contribution in [0.1, 0.15) is 25.6 Å². The van der Waals surface area contributed by atoms with Gasteiger partial charge in [0, 0.05) is 6.92 Å². The fraction of sp³-hybridized carbons (Fsp3) is 0.500. The minimum atomic E-state index is 0.0386. The van der Waals surface area contributed by atoms with Crippen molar-refractivity contribution in [3.8, 4) is 5.75 Å². The zero-order chi connectivity index (χ0) is 13.1. The van der Waals surface area contributed by atoms with Crippen LogP contribution in [0, 0.1) is 6.92 Å². The van der Waals surface area contributed by atoms with Crippen LogP contribution in [-0.2, 0) is 6.54 Å². The molecule has 98 valence electrons. The number of aryl methyl sites for hydroxylation is 1. The van der Waals surface area contributed by atoms with Crippen molar-refractivity contribution in [1.82, 2.24) is 14.5 Å². The highest BCUT2D eigenvalue weighted by Crippen LogP contribution is 2.35. The number of anilines is 2. The number of hydrogen-bond donors (Lipinski definition) is 2. The molecule has 18 heavy (non-hydrogen) atoms. The van der Waals surface area contributed by atoms with E-state index in [0.29, 0.717) is 29.8 Å². The maximum atomic E-state index is 5.75. The highest BCUT2D eigenvalue weighted by atomic mass is 32.1. The van der Waals surface area contributed by atoms with Crippen molar-refractivity contribution in [2.24, 2.45) is 0 Å². The Balaban J connectivity index is 2.05. The zero-order valence-electron chi connectivity index (χ0n) is 10.4. The smallest absolute Gasteiger partial charge is 0.223 e. The van der Waals surface area contributed by atoms with Crippen LogP contribution in [0.15, 0.2) is 4.52 Å². The van der Waals surface area contributed by atoms with Crippen molar-refractivity contribution in [2.75, 3.05) is 11.1 Å². The predicted molar refractivity (Wildman–Crippen MR) is 68.7 cm³/mol. The molecular formula is C10H15N5O2S. The highest BCUT2D eigenvalue weighted by molar-refractivity contribution is 7.11. The Morgan fingerprint density at radius 2 is 2.28 bits per heavy atom. The third-order valence-corrected chi connectivity index (χ3v) is 2.80. The maximum Gasteiger partial charge on any atom is 0.223 e. The van der Waals surface area contributed by atoms with Crippen LogP contribution in [0.4, 0.5) is 10.8 Å². The van der Waals surface area contributed by atoms with Gasteiger partial charge in [-0.3, -0.25) is 0 Å². The van der Waals surface area contributed by atoms with Crippen molar-refractivity contribution in [1.29, 1.82) is 0 Å². The number of nitrogen functional groups attached to an aromatic ring is 1. The SMILES string of the molecule is Cc1nc(CNc2snc(N)c2OC(C)C)no1. The molecule has 0 amide bonds. The van der Waals surface area contributed by atoms with Crippen LogP contribution in [-0.4, -0.2) is 20.6 Å². The van der Waals surface area contributed by atoms with E-state index < -0.39 is 0 Å². The Bertz CT molecular complexity index is 522. The number of aromatic nitrogens is 3. The summed E-state index contributed by atoms with van der Waals surface area (Å²) in [6.45, 7) is 6.05. The summed E-state index contributed by atoms with van der Waals surface area (Å²) in [4.78, 5) is 4.10. The molecule has 0 aliphatic rings. The number of nitrogens with one attached hydrogen (secondary N) is 1. The molecule has 8 heteroatoms. The monoisotopic (exact) mass is 269 g/mol. The number of nitrogens with two attached hydrogens (primary N) is 1. The van der Waals surface area contributed by atoms with E-state index in [1.807, 2.05) is 13.8 Å². The van der Waals surface area contributed by atoms with Crippen molar-refractivity contribution in [2.45, 2.75) is 33.4 Å². The molecule has 2 aromatic rings. The molecule has 0 aliphatic carbocycles. The number of rotatable bonds is 5. The molecule has 0 atom stereocenters. The van der Waals surface area contributed by atoms with Gasteiger partial charge >= 0.3 is 0 Å². The van der Waals surface area contributed by atoms with Gasteiger partial charge in [-0.1, -0.05) is 5.16 Å². The Labute approximate surface area is 109 Å². The molecule has 0 radical (unpaired) electrons. The molecule has 3 N–H and O–H groups in total. The molecule has 0 unspecified atom stereocenters. The molecule has 2 heterocycles. The van der Waals surface area contributed by atoms with E-state index in [0.717, 1.165) is 5.00 Å². The summed E-state index contributed by atoms with van der Waals surface area (Å²) in [6, 6.07) is 0. The molecule has 0 aromatic carbocycles. The normalized spacial score (nSPS) is 10.9. The molecule has 2 rings (SSSR count). The Hall–Kier alpha value is -1.83. The van der Waals surface area contributed by atoms with Gasteiger partial charge in [0.05, 0.1) is 12.6 Å². The van der Waals surface area contributed by atoms with Crippen LogP contribution >= 0.6 is 11.5 Å². The summed E-state index contributed by atoms with van der Waals surface area (Å²) in [7, 11) is 0. The van der Waals surface area contributed by atoms with Crippen LogP contribution in [0.2, 0.25) is 0 Å². The van der Waals surface area contributed by atoms with Gasteiger partial charge in [-0.15, -0.1) is 0 Å². The van der Waals surface area contributed by atoms with Gasteiger partial charge in [0.1, 0.15) is 0 Å². The molecule has 0 spiro atoms. The molecule has 7 nitrogen and oxygen atoms in total. The van der Waals surface area contributed by atoms with E-state index in [1.54, 1.807) is 6.92 Å². The Kier molecular flexibility index (Phi) is 3.66. The third kappa shape index (κ3) is 2.89. The summed E-state index contributed by atoms with van der Waals surface area (Å²) >= 11 is 1.25. The standard InChI is InChI=1S/C10H15N5O2S/c1-5(2)16-8-9(11)15-18-10(8)12-4-7-13-6(3)17-14-7/h5,12H,4H2,1-3H3,(H2,11,15). The zero-order valence-corrected chi connectivity index (χ0v) is 11.2. The minimum Gasteiger partial charge on any atom is -0.484 e. The second-order valence-corrected chi connectivity index (χ2v) is 4.75. The van der Waals surface area contributed by atoms with Gasteiger partial charge < -0.3 is 20.3 Å². The molecule has 0 bridgehead atoms. The van der Waals surface area contributed by atoms with E-state index in [2.05, 4.69) is 19.8 Å². The number of nitrogens with zero attached hydrogens (tertiary/aromatic N) is 3. The van der Waals surface area contributed by atoms with Gasteiger partial charge in [-0.05, 0) is 25.4 Å². The highest BCUT2D eigenvalue weighted by Gasteiger charge is 2.15.